The van der Waals surface area contributed by atoms with E-state index < -0.39 is 4.92 Å². The van der Waals surface area contributed by atoms with Crippen LogP contribution in [-0.4, -0.2) is 51.3 Å². The molecule has 11 nitrogen and oxygen atoms in total. The third kappa shape index (κ3) is 5.98. The van der Waals surface area contributed by atoms with Crippen LogP contribution in [0.25, 0.3) is 17.1 Å². The van der Waals surface area contributed by atoms with E-state index in [1.807, 2.05) is 47.0 Å². The van der Waals surface area contributed by atoms with E-state index in [0.29, 0.717) is 33.8 Å². The summed E-state index contributed by atoms with van der Waals surface area (Å²) in [5.74, 6) is 1.42. The summed E-state index contributed by atoms with van der Waals surface area (Å²) in [6.45, 7) is 1.70. The van der Waals surface area contributed by atoms with Gasteiger partial charge in [-0.05, 0) is 55.0 Å². The molecule has 0 saturated carbocycles. The lowest BCUT2D eigenvalue weighted by molar-refractivity contribution is -0.384. The quantitative estimate of drug-likeness (QED) is 0.137. The van der Waals surface area contributed by atoms with Crippen molar-refractivity contribution in [2.24, 2.45) is 5.10 Å². The number of thioether (sulfide) groups is 1. The Kier molecular flexibility index (Phi) is 8.34. The lowest BCUT2D eigenvalue weighted by Crippen LogP contribution is -2.21. The van der Waals surface area contributed by atoms with Crippen LogP contribution in [0.4, 0.5) is 5.69 Å². The van der Waals surface area contributed by atoms with Gasteiger partial charge in [0.15, 0.2) is 22.5 Å². The van der Waals surface area contributed by atoms with E-state index in [2.05, 4.69) is 20.7 Å². The summed E-state index contributed by atoms with van der Waals surface area (Å²) in [5.41, 5.74) is 5.27. The lowest BCUT2D eigenvalue weighted by Gasteiger charge is -2.12. The van der Waals surface area contributed by atoms with Crippen molar-refractivity contribution in [3.63, 3.8) is 0 Å². The minimum absolute atomic E-state index is 0.0167. The molecule has 0 saturated heterocycles. The van der Waals surface area contributed by atoms with Crippen LogP contribution in [0.1, 0.15) is 12.5 Å². The van der Waals surface area contributed by atoms with Crippen LogP contribution in [0, 0.1) is 10.1 Å². The fourth-order valence-electron chi connectivity index (χ4n) is 3.53. The van der Waals surface area contributed by atoms with Gasteiger partial charge in [0, 0.05) is 23.4 Å². The molecule has 194 valence electrons. The first kappa shape index (κ1) is 26.4. The largest absolute Gasteiger partial charge is 0.493 e. The van der Waals surface area contributed by atoms with Gasteiger partial charge < -0.3 is 9.47 Å². The van der Waals surface area contributed by atoms with Crippen LogP contribution in [0.3, 0.4) is 0 Å². The van der Waals surface area contributed by atoms with Gasteiger partial charge in [0.1, 0.15) is 0 Å². The molecule has 0 atom stereocenters. The van der Waals surface area contributed by atoms with E-state index in [9.17, 15) is 14.9 Å². The third-order valence-electron chi connectivity index (χ3n) is 5.47. The molecule has 0 aliphatic carbocycles. The number of hydrogen-bond acceptors (Lipinski definition) is 9. The Labute approximate surface area is 222 Å². The summed E-state index contributed by atoms with van der Waals surface area (Å²) in [4.78, 5) is 22.9. The molecular weight excluding hydrogens is 508 g/mol. The fourth-order valence-corrected chi connectivity index (χ4v) is 4.28. The Morgan fingerprint density at radius 3 is 2.39 bits per heavy atom. The molecule has 1 N–H and O–H groups in total. The van der Waals surface area contributed by atoms with Gasteiger partial charge in [-0.15, -0.1) is 10.2 Å². The number of carbonyl (C=O) groups excluding carboxylic acids is 1. The number of carbonyl (C=O) groups is 1. The number of benzene rings is 3. The highest BCUT2D eigenvalue weighted by Gasteiger charge is 2.19. The van der Waals surface area contributed by atoms with Gasteiger partial charge in [0.2, 0.25) is 0 Å². The van der Waals surface area contributed by atoms with Crippen molar-refractivity contribution >= 4 is 29.1 Å². The van der Waals surface area contributed by atoms with Crippen LogP contribution in [-0.2, 0) is 4.79 Å². The minimum Gasteiger partial charge on any atom is -0.493 e. The first-order valence-corrected chi connectivity index (χ1v) is 12.3. The summed E-state index contributed by atoms with van der Waals surface area (Å²) >= 11 is 1.21. The maximum absolute atomic E-state index is 12.6. The first-order valence-electron chi connectivity index (χ1n) is 11.3. The Bertz CT molecular complexity index is 1470. The van der Waals surface area contributed by atoms with E-state index in [-0.39, 0.29) is 17.3 Å². The van der Waals surface area contributed by atoms with E-state index in [1.54, 1.807) is 39.3 Å². The molecule has 0 radical (unpaired) electrons. The Morgan fingerprint density at radius 2 is 1.74 bits per heavy atom. The highest BCUT2D eigenvalue weighted by atomic mass is 32.2. The highest BCUT2D eigenvalue weighted by molar-refractivity contribution is 7.99. The smallest absolute Gasteiger partial charge is 0.269 e. The van der Waals surface area contributed by atoms with Gasteiger partial charge in [-0.2, -0.15) is 5.10 Å². The van der Waals surface area contributed by atoms with Gasteiger partial charge in [-0.3, -0.25) is 19.5 Å². The van der Waals surface area contributed by atoms with Crippen molar-refractivity contribution in [3.05, 3.63) is 88.5 Å². The number of non-ortho nitro benzene ring substituents is 1. The number of ether oxygens (including phenoxy) is 2. The maximum atomic E-state index is 12.6. The Balaban J connectivity index is 1.52. The Morgan fingerprint density at radius 1 is 1.03 bits per heavy atom. The molecule has 38 heavy (non-hydrogen) atoms. The first-order chi connectivity index (χ1) is 18.4. The summed E-state index contributed by atoms with van der Waals surface area (Å²) in [7, 11) is 3.14. The zero-order valence-corrected chi connectivity index (χ0v) is 21.6. The van der Waals surface area contributed by atoms with Gasteiger partial charge in [0.05, 0.1) is 30.6 Å². The molecular formula is C26H24N6O5S. The molecule has 3 aromatic carbocycles. The fraction of sp³-hybridized carbons (Fsp3) is 0.154. The molecule has 1 heterocycles. The zero-order chi connectivity index (χ0) is 27.1. The molecule has 1 amide bonds. The second-order valence-corrected chi connectivity index (χ2v) is 8.81. The number of nitro benzene ring substituents is 1. The second-order valence-electron chi connectivity index (χ2n) is 7.87. The van der Waals surface area contributed by atoms with Crippen LogP contribution < -0.4 is 14.9 Å². The normalized spacial score (nSPS) is 11.2. The van der Waals surface area contributed by atoms with Gasteiger partial charge in [0.25, 0.3) is 11.6 Å². The molecule has 0 spiro atoms. The zero-order valence-electron chi connectivity index (χ0n) is 20.8. The topological polar surface area (TPSA) is 134 Å². The van der Waals surface area contributed by atoms with Crippen molar-refractivity contribution in [1.82, 2.24) is 20.2 Å². The van der Waals surface area contributed by atoms with Crippen LogP contribution in [0.5, 0.6) is 11.5 Å². The van der Waals surface area contributed by atoms with Crippen molar-refractivity contribution in [1.29, 1.82) is 0 Å². The average Bonchev–Trinajstić information content (AvgIpc) is 3.38. The van der Waals surface area contributed by atoms with E-state index in [4.69, 9.17) is 9.47 Å². The van der Waals surface area contributed by atoms with Crippen LogP contribution >= 0.6 is 11.8 Å². The SMILES string of the molecule is COc1ccc(-c2nnc(SCC(=O)N/N=C(/C)c3ccc([N+](=O)[O-])cc3)n2-c2ccccc2)cc1OC. The molecule has 4 aromatic rings. The molecule has 0 fully saturated rings. The molecule has 0 unspecified atom stereocenters. The number of methoxy groups -OCH3 is 2. The summed E-state index contributed by atoms with van der Waals surface area (Å²) in [5, 5.41) is 24.2. The van der Waals surface area contributed by atoms with Gasteiger partial charge >= 0.3 is 0 Å². The number of aromatic nitrogens is 3. The van der Waals surface area contributed by atoms with Crippen molar-refractivity contribution in [2.45, 2.75) is 12.1 Å². The predicted molar refractivity (Wildman–Crippen MR) is 144 cm³/mol. The molecule has 0 aliphatic rings. The number of nitrogens with zero attached hydrogens (tertiary/aromatic N) is 5. The number of para-hydroxylation sites is 1. The van der Waals surface area contributed by atoms with E-state index in [1.165, 1.54) is 23.9 Å². The van der Waals surface area contributed by atoms with Crippen molar-refractivity contribution < 1.29 is 19.2 Å². The molecule has 0 bridgehead atoms. The number of rotatable bonds is 10. The number of hydrogen-bond donors (Lipinski definition) is 1. The highest BCUT2D eigenvalue weighted by Crippen LogP contribution is 2.34. The monoisotopic (exact) mass is 532 g/mol. The number of hydrazone groups is 1. The molecule has 0 aliphatic heterocycles. The van der Waals surface area contributed by atoms with Gasteiger partial charge in [-0.1, -0.05) is 30.0 Å². The number of nitrogens with one attached hydrogen (secondary N) is 1. The lowest BCUT2D eigenvalue weighted by atomic mass is 10.1. The molecule has 12 heteroatoms. The summed E-state index contributed by atoms with van der Waals surface area (Å²) in [6, 6.07) is 21.0. The summed E-state index contributed by atoms with van der Waals surface area (Å²) in [6.07, 6.45) is 0. The Hall–Kier alpha value is -4.71. The average molecular weight is 533 g/mol. The van der Waals surface area contributed by atoms with Crippen LogP contribution in [0.2, 0.25) is 0 Å². The van der Waals surface area contributed by atoms with Crippen molar-refractivity contribution in [3.8, 4) is 28.6 Å². The predicted octanol–water partition coefficient (Wildman–Crippen LogP) is 4.49. The van der Waals surface area contributed by atoms with Crippen molar-refractivity contribution in [2.75, 3.05) is 20.0 Å². The standard InChI is InChI=1S/C26H24N6O5S/c1-17(18-9-12-21(13-10-18)32(34)35)27-28-24(33)16-38-26-30-29-25(31(26)20-7-5-4-6-8-20)19-11-14-22(36-2)23(15-19)37-3/h4-15H,16H2,1-3H3,(H,28,33)/b27-17-. The van der Waals surface area contributed by atoms with E-state index >= 15 is 0 Å². The maximum Gasteiger partial charge on any atom is 0.269 e. The van der Waals surface area contributed by atoms with Gasteiger partial charge in [-0.25, -0.2) is 5.43 Å². The van der Waals surface area contributed by atoms with E-state index in [0.717, 1.165) is 11.3 Å². The molecule has 4 rings (SSSR count). The second kappa shape index (κ2) is 12.0. The minimum atomic E-state index is -0.472. The van der Waals surface area contributed by atoms with Crippen LogP contribution in [0.15, 0.2) is 83.1 Å². The third-order valence-corrected chi connectivity index (χ3v) is 6.40. The number of nitro groups is 1. The summed E-state index contributed by atoms with van der Waals surface area (Å²) < 4.78 is 12.6. The number of amides is 1. The molecule has 1 aromatic heterocycles.